The van der Waals surface area contributed by atoms with Crippen molar-refractivity contribution in [1.29, 1.82) is 0 Å². The lowest BCUT2D eigenvalue weighted by Gasteiger charge is -2.16. The summed E-state index contributed by atoms with van der Waals surface area (Å²) >= 11 is 0. The molecule has 0 atom stereocenters. The Kier molecular flexibility index (Phi) is 5.52. The molecule has 4 aromatic rings. The summed E-state index contributed by atoms with van der Waals surface area (Å²) in [6.45, 7) is 2.16. The van der Waals surface area contributed by atoms with Gasteiger partial charge in [-0.1, -0.05) is 61.5 Å². The Labute approximate surface area is 174 Å². The highest BCUT2D eigenvalue weighted by molar-refractivity contribution is 5.98. The van der Waals surface area contributed by atoms with Crippen molar-refractivity contribution in [3.05, 3.63) is 108 Å². The highest BCUT2D eigenvalue weighted by atomic mass is 16.4. The highest BCUT2D eigenvalue weighted by Crippen LogP contribution is 2.34. The van der Waals surface area contributed by atoms with E-state index in [1.165, 1.54) is 11.1 Å². The molecule has 0 bridgehead atoms. The number of nitrogens with zero attached hydrogens (tertiary/aromatic N) is 3. The van der Waals surface area contributed by atoms with Gasteiger partial charge in [-0.2, -0.15) is 0 Å². The molecule has 2 aromatic heterocycles. The summed E-state index contributed by atoms with van der Waals surface area (Å²) in [5, 5.41) is 16.9. The molecular formula is C25H21N3O2. The fourth-order valence-electron chi connectivity index (χ4n) is 3.58. The fourth-order valence-corrected chi connectivity index (χ4v) is 3.58. The molecule has 4 rings (SSSR count). The van der Waals surface area contributed by atoms with Gasteiger partial charge in [0.15, 0.2) is 5.65 Å². The summed E-state index contributed by atoms with van der Waals surface area (Å²) in [7, 11) is 0. The molecule has 0 radical (unpaired) electrons. The van der Waals surface area contributed by atoms with Gasteiger partial charge in [0, 0.05) is 12.3 Å². The Hall–Kier alpha value is -3.99. The van der Waals surface area contributed by atoms with Gasteiger partial charge in [-0.3, -0.25) is 4.40 Å². The van der Waals surface area contributed by atoms with E-state index >= 15 is 0 Å². The topological polar surface area (TPSA) is 67.5 Å². The molecule has 30 heavy (non-hydrogen) atoms. The number of carbonyl (C=O) groups is 1. The van der Waals surface area contributed by atoms with Gasteiger partial charge in [-0.05, 0) is 58.0 Å². The van der Waals surface area contributed by atoms with Gasteiger partial charge in [0.1, 0.15) is 6.33 Å². The second kappa shape index (κ2) is 8.57. The molecule has 0 amide bonds. The molecular weight excluding hydrogens is 374 g/mol. The van der Waals surface area contributed by atoms with Crippen molar-refractivity contribution >= 4 is 28.8 Å². The average molecular weight is 395 g/mol. The lowest BCUT2D eigenvalue weighted by molar-refractivity contribution is -0.131. The van der Waals surface area contributed by atoms with E-state index in [0.29, 0.717) is 0 Å². The molecule has 0 fully saturated rings. The van der Waals surface area contributed by atoms with Gasteiger partial charge < -0.3 is 5.11 Å². The third kappa shape index (κ3) is 4.05. The van der Waals surface area contributed by atoms with Crippen molar-refractivity contribution in [3.63, 3.8) is 0 Å². The molecule has 0 aliphatic heterocycles. The zero-order valence-electron chi connectivity index (χ0n) is 16.6. The zero-order chi connectivity index (χ0) is 20.9. The minimum atomic E-state index is -0.959. The minimum Gasteiger partial charge on any atom is -0.478 e. The van der Waals surface area contributed by atoms with Crippen molar-refractivity contribution < 1.29 is 9.90 Å². The van der Waals surface area contributed by atoms with Gasteiger partial charge in [0.2, 0.25) is 0 Å². The number of rotatable bonds is 6. The van der Waals surface area contributed by atoms with E-state index in [1.807, 2.05) is 59.1 Å². The first-order valence-electron chi connectivity index (χ1n) is 9.75. The van der Waals surface area contributed by atoms with Crippen LogP contribution < -0.4 is 0 Å². The van der Waals surface area contributed by atoms with E-state index in [-0.39, 0.29) is 0 Å². The molecule has 0 aliphatic carbocycles. The van der Waals surface area contributed by atoms with Crippen LogP contribution in [0.15, 0.2) is 85.3 Å². The van der Waals surface area contributed by atoms with Crippen molar-refractivity contribution in [1.82, 2.24) is 14.6 Å². The molecule has 2 aromatic carbocycles. The third-order valence-corrected chi connectivity index (χ3v) is 4.97. The van der Waals surface area contributed by atoms with Gasteiger partial charge in [-0.25, -0.2) is 4.79 Å². The van der Waals surface area contributed by atoms with E-state index in [0.717, 1.165) is 40.4 Å². The summed E-state index contributed by atoms with van der Waals surface area (Å²) < 4.78 is 1.91. The maximum absolute atomic E-state index is 10.8. The van der Waals surface area contributed by atoms with Crippen LogP contribution in [0, 0.1) is 0 Å². The summed E-state index contributed by atoms with van der Waals surface area (Å²) in [5.74, 6) is -0.959. The molecule has 0 aliphatic rings. The van der Waals surface area contributed by atoms with Crippen LogP contribution in [0.5, 0.6) is 0 Å². The minimum absolute atomic E-state index is 0.796. The molecule has 2 heterocycles. The van der Waals surface area contributed by atoms with Crippen molar-refractivity contribution in [3.8, 4) is 0 Å². The number of carboxylic acids is 1. The molecule has 0 unspecified atom stereocenters. The largest absolute Gasteiger partial charge is 0.478 e. The first-order chi connectivity index (χ1) is 14.7. The Morgan fingerprint density at radius 1 is 0.967 bits per heavy atom. The van der Waals surface area contributed by atoms with Crippen LogP contribution in [0.25, 0.3) is 22.9 Å². The zero-order valence-corrected chi connectivity index (χ0v) is 16.6. The monoisotopic (exact) mass is 395 g/mol. The number of hydrogen-bond acceptors (Lipinski definition) is 3. The predicted octanol–water partition coefficient (Wildman–Crippen LogP) is 5.20. The van der Waals surface area contributed by atoms with Gasteiger partial charge in [-0.15, -0.1) is 10.2 Å². The Morgan fingerprint density at radius 3 is 2.40 bits per heavy atom. The average Bonchev–Trinajstić information content (AvgIpc) is 3.25. The lowest BCUT2D eigenvalue weighted by atomic mass is 9.88. The summed E-state index contributed by atoms with van der Waals surface area (Å²) in [6.07, 6.45) is 7.34. The van der Waals surface area contributed by atoms with Crippen LogP contribution in [-0.2, 0) is 4.79 Å². The predicted molar refractivity (Wildman–Crippen MR) is 119 cm³/mol. The van der Waals surface area contributed by atoms with Gasteiger partial charge >= 0.3 is 5.97 Å². The second-order valence-electron chi connectivity index (χ2n) is 6.88. The van der Waals surface area contributed by atoms with E-state index < -0.39 is 5.97 Å². The van der Waals surface area contributed by atoms with Gasteiger partial charge in [0.05, 0.1) is 0 Å². The first-order valence-corrected chi connectivity index (χ1v) is 9.75. The maximum atomic E-state index is 10.8. The second-order valence-corrected chi connectivity index (χ2v) is 6.88. The van der Waals surface area contributed by atoms with Crippen LogP contribution >= 0.6 is 0 Å². The number of aromatic nitrogens is 3. The smallest absolute Gasteiger partial charge is 0.328 e. The number of pyridine rings is 1. The van der Waals surface area contributed by atoms with E-state index in [9.17, 15) is 4.79 Å². The van der Waals surface area contributed by atoms with Crippen LogP contribution in [0.3, 0.4) is 0 Å². The fraction of sp³-hybridized carbons (Fsp3) is 0.0800. The number of hydrogen-bond donors (Lipinski definition) is 1. The molecule has 0 saturated heterocycles. The number of carboxylic acid groups (broad SMARTS) is 1. The van der Waals surface area contributed by atoms with Crippen molar-refractivity contribution in [2.75, 3.05) is 0 Å². The molecule has 5 heteroatoms. The number of aliphatic carboxylic acids is 1. The van der Waals surface area contributed by atoms with E-state index in [2.05, 4.69) is 35.3 Å². The van der Waals surface area contributed by atoms with Crippen LogP contribution in [0.4, 0.5) is 0 Å². The molecule has 0 spiro atoms. The van der Waals surface area contributed by atoms with E-state index in [4.69, 9.17) is 5.11 Å². The normalized spacial score (nSPS) is 12.3. The Morgan fingerprint density at radius 2 is 1.70 bits per heavy atom. The van der Waals surface area contributed by atoms with Crippen LogP contribution in [0.2, 0.25) is 0 Å². The standard InChI is InChI=1S/C25H21N3O2/c1-2-22(19-6-4-3-5-7-19)25(21-13-14-23-27-26-17-28(23)16-21)20-11-8-18(9-12-20)10-15-24(29)30/h3-17H,2H2,1H3,(H,29,30)/b15-10+,25-22+. The molecule has 148 valence electrons. The Bertz CT molecular complexity index is 1240. The van der Waals surface area contributed by atoms with Crippen molar-refractivity contribution in [2.45, 2.75) is 13.3 Å². The summed E-state index contributed by atoms with van der Waals surface area (Å²) in [6, 6.07) is 22.3. The van der Waals surface area contributed by atoms with Gasteiger partial charge in [0.25, 0.3) is 0 Å². The molecule has 1 N–H and O–H groups in total. The first kappa shape index (κ1) is 19.3. The Balaban J connectivity index is 1.89. The SMILES string of the molecule is CC/C(=C(/c1ccc(/C=C/C(=O)O)cc1)c1ccc2nncn2c1)c1ccccc1. The summed E-state index contributed by atoms with van der Waals surface area (Å²) in [5.41, 5.74) is 7.31. The van der Waals surface area contributed by atoms with Crippen LogP contribution in [-0.4, -0.2) is 25.7 Å². The number of benzene rings is 2. The third-order valence-electron chi connectivity index (χ3n) is 4.97. The molecule has 5 nitrogen and oxygen atoms in total. The van der Waals surface area contributed by atoms with Crippen molar-refractivity contribution in [2.24, 2.45) is 0 Å². The summed E-state index contributed by atoms with van der Waals surface area (Å²) in [4.78, 5) is 10.8. The quantitative estimate of drug-likeness (QED) is 0.360. The molecule has 0 saturated carbocycles. The number of fused-ring (bicyclic) bond motifs is 1. The highest BCUT2D eigenvalue weighted by Gasteiger charge is 2.14. The van der Waals surface area contributed by atoms with Crippen LogP contribution in [0.1, 0.15) is 35.6 Å². The number of allylic oxidation sites excluding steroid dienone is 1. The van der Waals surface area contributed by atoms with E-state index in [1.54, 1.807) is 12.4 Å². The maximum Gasteiger partial charge on any atom is 0.328 e. The lowest BCUT2D eigenvalue weighted by Crippen LogP contribution is -1.97.